The average molecular weight is 673 g/mol. The molecule has 0 aliphatic carbocycles. The molecule has 0 unspecified atom stereocenters. The molecule has 46 heavy (non-hydrogen) atoms. The molecular weight excluding hydrogens is 654 g/mol. The normalized spacial score (nSPS) is 12.0. The zero-order valence-corrected chi connectivity index (χ0v) is 25.1. The van der Waals surface area contributed by atoms with Crippen LogP contribution in [-0.2, 0) is 27.4 Å². The van der Waals surface area contributed by atoms with E-state index in [2.05, 4.69) is 9.97 Å². The Bertz CT molecular complexity index is 2680. The smallest absolute Gasteiger partial charge is 0.370 e. The molecule has 5 heterocycles. The van der Waals surface area contributed by atoms with Gasteiger partial charge in [0, 0.05) is 55.5 Å². The van der Waals surface area contributed by atoms with Crippen LogP contribution in [0, 0.1) is 0 Å². The average Bonchev–Trinajstić information content (AvgIpc) is 3.76. The molecule has 2 aliphatic rings. The van der Waals surface area contributed by atoms with E-state index in [9.17, 15) is 8.42 Å². The van der Waals surface area contributed by atoms with Crippen molar-refractivity contribution in [1.29, 1.82) is 0 Å². The number of nitrogens with zero attached hydrogens (tertiary/aromatic N) is 6. The van der Waals surface area contributed by atoms with Crippen molar-refractivity contribution in [3.8, 4) is 51.3 Å². The van der Waals surface area contributed by atoms with Crippen LogP contribution < -0.4 is 9.32 Å². The number of hydrogen-bond acceptors (Lipinski definition) is 9. The van der Waals surface area contributed by atoms with E-state index >= 15 is 0 Å². The fraction of sp³-hybridized carbons (Fsp3) is 0. The molecular formula is C32H19CuN9O3S. The molecule has 0 spiro atoms. The molecule has 2 aliphatic heterocycles. The predicted octanol–water partition coefficient (Wildman–Crippen LogP) is 5.45. The Morgan fingerprint density at radius 1 is 0.500 bits per heavy atom. The Hall–Kier alpha value is -5.53. The van der Waals surface area contributed by atoms with Gasteiger partial charge in [0.25, 0.3) is 0 Å². The molecule has 0 amide bonds. The maximum Gasteiger partial charge on any atom is 0.380 e. The number of nitrogens with one attached hydrogen (secondary N) is 2. The Balaban J connectivity index is 0.00000312. The van der Waals surface area contributed by atoms with Gasteiger partial charge in [0.1, 0.15) is 22.6 Å². The summed E-state index contributed by atoms with van der Waals surface area (Å²) in [6.45, 7) is 0. The molecule has 14 heteroatoms. The monoisotopic (exact) mass is 672 g/mol. The number of rotatable bonds is 2. The molecule has 0 saturated carbocycles. The van der Waals surface area contributed by atoms with Gasteiger partial charge in [-0.05, 0) is 6.07 Å². The molecule has 0 atom stereocenters. The standard InChI is InChI=1S/C32H19N9O3S.Cu/c33-45(42,43)44-23-15-7-14-22-24(23)32-40-30-21-13-6-5-12-20(21)28(38-30)36-26-17-9-2-1-8-16(17)25(34-26)35-27-18-10-3-4-11-19(18)29(37-27)39-31(22)41-32;/h1-15H,(H2,33,42,43)(H2,34,35,36,37,38,39,40,41);. The third kappa shape index (κ3) is 4.43. The van der Waals surface area contributed by atoms with E-state index in [1.54, 1.807) is 12.1 Å². The third-order valence-electron chi connectivity index (χ3n) is 7.75. The van der Waals surface area contributed by atoms with Gasteiger partial charge in [0.2, 0.25) is 0 Å². The first-order valence-electron chi connectivity index (χ1n) is 13.8. The second-order valence-corrected chi connectivity index (χ2v) is 11.7. The molecule has 8 bridgehead atoms. The number of hydrogen-bond donors (Lipinski definition) is 3. The van der Waals surface area contributed by atoms with Gasteiger partial charge >= 0.3 is 10.3 Å². The summed E-state index contributed by atoms with van der Waals surface area (Å²) in [6, 6.07) is 28.1. The van der Waals surface area contributed by atoms with Crippen LogP contribution in [0.1, 0.15) is 0 Å². The third-order valence-corrected chi connectivity index (χ3v) is 8.16. The Labute approximate surface area is 270 Å². The summed E-state index contributed by atoms with van der Waals surface area (Å²) in [5.74, 6) is 1.72. The largest absolute Gasteiger partial charge is 0.380 e. The minimum Gasteiger partial charge on any atom is -0.370 e. The summed E-state index contributed by atoms with van der Waals surface area (Å²) < 4.78 is 29.3. The zero-order chi connectivity index (χ0) is 30.3. The Morgan fingerprint density at radius 2 is 0.891 bits per heavy atom. The summed E-state index contributed by atoms with van der Waals surface area (Å²) in [5, 5.41) is 7.95. The van der Waals surface area contributed by atoms with Crippen molar-refractivity contribution in [2.45, 2.75) is 0 Å². The summed E-state index contributed by atoms with van der Waals surface area (Å²) in [4.78, 5) is 36.1. The van der Waals surface area contributed by atoms with Crippen molar-refractivity contribution in [1.82, 2.24) is 39.9 Å². The number of benzene rings is 4. The van der Waals surface area contributed by atoms with Crippen molar-refractivity contribution in [2.75, 3.05) is 0 Å². The molecule has 1 radical (unpaired) electrons. The van der Waals surface area contributed by atoms with Crippen LogP contribution in [0.5, 0.6) is 5.75 Å². The predicted molar refractivity (Wildman–Crippen MR) is 170 cm³/mol. The van der Waals surface area contributed by atoms with Crippen LogP contribution in [-0.4, -0.2) is 48.3 Å². The molecule has 0 saturated heterocycles. The first-order valence-corrected chi connectivity index (χ1v) is 15.3. The van der Waals surface area contributed by atoms with Gasteiger partial charge in [-0.1, -0.05) is 84.9 Å². The summed E-state index contributed by atoms with van der Waals surface area (Å²) in [6.07, 6.45) is 0. The van der Waals surface area contributed by atoms with Crippen LogP contribution in [0.3, 0.4) is 0 Å². The van der Waals surface area contributed by atoms with Crippen LogP contribution in [0.15, 0.2) is 91.0 Å². The maximum atomic E-state index is 12.0. The van der Waals surface area contributed by atoms with Gasteiger partial charge in [-0.15, -0.1) is 0 Å². The van der Waals surface area contributed by atoms with Crippen LogP contribution >= 0.6 is 0 Å². The van der Waals surface area contributed by atoms with Crippen molar-refractivity contribution in [3.05, 3.63) is 91.0 Å². The van der Waals surface area contributed by atoms with Gasteiger partial charge in [-0.2, -0.15) is 13.6 Å². The molecule has 12 nitrogen and oxygen atoms in total. The van der Waals surface area contributed by atoms with E-state index in [4.69, 9.17) is 39.2 Å². The van der Waals surface area contributed by atoms with Gasteiger partial charge in [-0.3, -0.25) is 0 Å². The summed E-state index contributed by atoms with van der Waals surface area (Å²) in [5.41, 5.74) is 4.98. The Kier molecular flexibility index (Phi) is 6.24. The van der Waals surface area contributed by atoms with Gasteiger partial charge in [0.15, 0.2) is 29.0 Å². The molecule has 227 valence electrons. The van der Waals surface area contributed by atoms with E-state index in [0.717, 1.165) is 33.0 Å². The van der Waals surface area contributed by atoms with Gasteiger partial charge in [-0.25, -0.2) is 29.9 Å². The molecule has 9 rings (SSSR count). The van der Waals surface area contributed by atoms with Gasteiger partial charge in [0.05, 0.1) is 5.39 Å². The van der Waals surface area contributed by atoms with E-state index < -0.39 is 10.3 Å². The zero-order valence-electron chi connectivity index (χ0n) is 23.4. The van der Waals surface area contributed by atoms with E-state index in [1.165, 1.54) is 6.07 Å². The minimum absolute atomic E-state index is 0. The number of aromatic nitrogens is 8. The van der Waals surface area contributed by atoms with Crippen molar-refractivity contribution < 1.29 is 29.7 Å². The molecule has 7 aromatic rings. The van der Waals surface area contributed by atoms with Crippen molar-refractivity contribution in [3.63, 3.8) is 0 Å². The number of H-pyrrole nitrogens is 2. The van der Waals surface area contributed by atoms with Crippen molar-refractivity contribution in [2.24, 2.45) is 5.14 Å². The van der Waals surface area contributed by atoms with E-state index in [-0.39, 0.29) is 28.5 Å². The summed E-state index contributed by atoms with van der Waals surface area (Å²) in [7, 11) is -4.35. The van der Waals surface area contributed by atoms with Crippen LogP contribution in [0.2, 0.25) is 0 Å². The number of aromatic amines is 2. The van der Waals surface area contributed by atoms with E-state index in [0.29, 0.717) is 51.0 Å². The van der Waals surface area contributed by atoms with Crippen LogP contribution in [0.25, 0.3) is 89.7 Å². The first kappa shape index (κ1) is 28.0. The summed E-state index contributed by atoms with van der Waals surface area (Å²) >= 11 is 0. The topological polar surface area (TPSA) is 178 Å². The second-order valence-electron chi connectivity index (χ2n) is 10.5. The quantitative estimate of drug-likeness (QED) is 0.201. The fourth-order valence-electron chi connectivity index (χ4n) is 5.85. The van der Waals surface area contributed by atoms with Crippen LogP contribution in [0.4, 0.5) is 0 Å². The minimum atomic E-state index is -4.35. The molecule has 4 aromatic carbocycles. The number of nitrogens with two attached hydrogens (primary N) is 1. The Morgan fingerprint density at radius 3 is 1.37 bits per heavy atom. The number of fused-ring (bicyclic) bond motifs is 20. The second kappa shape index (κ2) is 10.3. The SMILES string of the molecule is NS(=O)(=O)Oc1cccc2c3nc4nc(nc5[nH]c(nc6nc(nc([nH]3)c12)-c1ccccc1-6)c1ccccc51)-c1ccccc1-4.[Cu]. The molecule has 4 N–H and O–H groups in total. The fourth-order valence-corrected chi connectivity index (χ4v) is 6.24. The van der Waals surface area contributed by atoms with Crippen molar-refractivity contribution >= 4 is 54.4 Å². The van der Waals surface area contributed by atoms with Gasteiger partial charge < -0.3 is 14.2 Å². The van der Waals surface area contributed by atoms with E-state index in [1.807, 2.05) is 72.8 Å². The first-order chi connectivity index (χ1) is 21.9. The maximum absolute atomic E-state index is 12.0. The molecule has 3 aromatic heterocycles. The molecule has 0 fully saturated rings.